The van der Waals surface area contributed by atoms with E-state index in [9.17, 15) is 9.90 Å². The highest BCUT2D eigenvalue weighted by Crippen LogP contribution is 2.18. The van der Waals surface area contributed by atoms with E-state index in [2.05, 4.69) is 29.4 Å². The van der Waals surface area contributed by atoms with Gasteiger partial charge >= 0.3 is 0 Å². The maximum Gasteiger partial charge on any atom is 0.220 e. The van der Waals surface area contributed by atoms with Crippen LogP contribution in [0.4, 0.5) is 0 Å². The molecule has 216 valence electrons. The van der Waals surface area contributed by atoms with Gasteiger partial charge in [-0.3, -0.25) is 4.79 Å². The minimum atomic E-state index is -0.259. The first-order chi connectivity index (χ1) is 18.7. The van der Waals surface area contributed by atoms with Crippen molar-refractivity contribution in [2.75, 3.05) is 6.54 Å². The molecule has 0 bridgehead atoms. The molecule has 1 atom stereocenters. The van der Waals surface area contributed by atoms with E-state index < -0.39 is 0 Å². The Labute approximate surface area is 233 Å². The number of H-pyrrole nitrogens is 1. The zero-order valence-electron chi connectivity index (χ0n) is 24.6. The van der Waals surface area contributed by atoms with E-state index in [-0.39, 0.29) is 12.0 Å². The lowest BCUT2D eigenvalue weighted by Gasteiger charge is -2.10. The van der Waals surface area contributed by atoms with Gasteiger partial charge in [-0.1, -0.05) is 134 Å². The molecule has 0 saturated heterocycles. The maximum absolute atomic E-state index is 12.1. The van der Waals surface area contributed by atoms with E-state index in [0.29, 0.717) is 13.0 Å². The van der Waals surface area contributed by atoms with Crippen LogP contribution in [0.2, 0.25) is 0 Å². The predicted octanol–water partition coefficient (Wildman–Crippen LogP) is 9.40. The second-order valence-electron chi connectivity index (χ2n) is 11.5. The Balaban J connectivity index is 1.30. The van der Waals surface area contributed by atoms with Crippen LogP contribution in [0.5, 0.6) is 0 Å². The molecule has 1 heterocycles. The molecule has 0 spiro atoms. The van der Waals surface area contributed by atoms with Crippen molar-refractivity contribution in [3.05, 3.63) is 36.0 Å². The minimum Gasteiger partial charge on any atom is -0.393 e. The number of carbonyl (C=O) groups is 1. The predicted molar refractivity (Wildman–Crippen MR) is 164 cm³/mol. The molecule has 0 fully saturated rings. The first-order valence-electron chi connectivity index (χ1n) is 16.2. The van der Waals surface area contributed by atoms with Gasteiger partial charge < -0.3 is 15.4 Å². The van der Waals surface area contributed by atoms with Crippen LogP contribution in [0.25, 0.3) is 10.9 Å². The quantitative estimate of drug-likeness (QED) is 0.113. The number of fused-ring (bicyclic) bond motifs is 1. The van der Waals surface area contributed by atoms with Crippen molar-refractivity contribution in [3.8, 4) is 0 Å². The fourth-order valence-electron chi connectivity index (χ4n) is 5.51. The van der Waals surface area contributed by atoms with E-state index in [4.69, 9.17) is 0 Å². The van der Waals surface area contributed by atoms with Crippen molar-refractivity contribution in [1.82, 2.24) is 10.3 Å². The van der Waals surface area contributed by atoms with Crippen molar-refractivity contribution >= 4 is 16.8 Å². The molecule has 0 aliphatic carbocycles. The third-order valence-electron chi connectivity index (χ3n) is 7.97. The summed E-state index contributed by atoms with van der Waals surface area (Å²) < 4.78 is 0. The highest BCUT2D eigenvalue weighted by molar-refractivity contribution is 5.83. The number of carbonyl (C=O) groups excluding carboxylic acids is 1. The molecule has 3 N–H and O–H groups in total. The zero-order valence-corrected chi connectivity index (χ0v) is 24.6. The number of hydrogen-bond acceptors (Lipinski definition) is 2. The van der Waals surface area contributed by atoms with E-state index in [1.165, 1.54) is 114 Å². The standard InChI is InChI=1S/C34H58N2O2/c1-2-3-4-5-6-7-8-9-10-11-12-13-14-15-16-17-18-22-31(37)23-21-26-34(38)35-28-27-30-29-36-33-25-20-19-24-32(30)33/h19-20,24-25,29,31,36-37H,2-18,21-23,26-28H2,1H3,(H,35,38). The van der Waals surface area contributed by atoms with Gasteiger partial charge in [0, 0.05) is 30.1 Å². The summed E-state index contributed by atoms with van der Waals surface area (Å²) in [5.74, 6) is 0.0924. The lowest BCUT2D eigenvalue weighted by atomic mass is 10.0. The first kappa shape index (κ1) is 32.4. The molecule has 1 unspecified atom stereocenters. The molecule has 1 amide bonds. The van der Waals surface area contributed by atoms with Gasteiger partial charge in [-0.2, -0.15) is 0 Å². The van der Waals surface area contributed by atoms with Crippen LogP contribution < -0.4 is 5.32 Å². The van der Waals surface area contributed by atoms with E-state index >= 15 is 0 Å². The normalized spacial score (nSPS) is 12.3. The van der Waals surface area contributed by atoms with Gasteiger partial charge in [-0.05, 0) is 37.3 Å². The third kappa shape index (κ3) is 15.6. The lowest BCUT2D eigenvalue weighted by molar-refractivity contribution is -0.121. The van der Waals surface area contributed by atoms with Gasteiger partial charge in [0.25, 0.3) is 0 Å². The Kier molecular flexibility index (Phi) is 18.8. The number of unbranched alkanes of at least 4 members (excludes halogenated alkanes) is 16. The first-order valence-corrected chi connectivity index (χ1v) is 16.2. The Hall–Kier alpha value is -1.81. The van der Waals surface area contributed by atoms with Crippen LogP contribution in [0.3, 0.4) is 0 Å². The number of nitrogens with one attached hydrogen (secondary N) is 2. The molecule has 0 saturated carbocycles. The van der Waals surface area contributed by atoms with E-state index in [1.54, 1.807) is 0 Å². The van der Waals surface area contributed by atoms with Gasteiger partial charge in [0.2, 0.25) is 5.91 Å². The van der Waals surface area contributed by atoms with Gasteiger partial charge in [0.05, 0.1) is 6.10 Å². The summed E-state index contributed by atoms with van der Waals surface area (Å²) in [6.07, 6.45) is 28.9. The molecule has 4 nitrogen and oxygen atoms in total. The van der Waals surface area contributed by atoms with Crippen LogP contribution in [0, 0.1) is 0 Å². The number of hydrogen-bond donors (Lipinski definition) is 3. The second kappa shape index (κ2) is 22.1. The largest absolute Gasteiger partial charge is 0.393 e. The van der Waals surface area contributed by atoms with E-state index in [0.717, 1.165) is 37.6 Å². The van der Waals surface area contributed by atoms with Crippen molar-refractivity contribution in [2.24, 2.45) is 0 Å². The number of aliphatic hydroxyl groups excluding tert-OH is 1. The summed E-state index contributed by atoms with van der Waals surface area (Å²) >= 11 is 0. The molecule has 38 heavy (non-hydrogen) atoms. The average Bonchev–Trinajstić information content (AvgIpc) is 3.33. The number of amides is 1. The van der Waals surface area contributed by atoms with Gasteiger partial charge in [-0.25, -0.2) is 0 Å². The second-order valence-corrected chi connectivity index (χ2v) is 11.5. The molecule has 4 heteroatoms. The fourth-order valence-corrected chi connectivity index (χ4v) is 5.51. The maximum atomic E-state index is 12.1. The fraction of sp³-hybridized carbons (Fsp3) is 0.735. The van der Waals surface area contributed by atoms with Crippen LogP contribution >= 0.6 is 0 Å². The SMILES string of the molecule is CCCCCCCCCCCCCCCCCCCC(O)CCCC(=O)NCCc1c[nH]c2ccccc12. The molecule has 0 aliphatic rings. The number of aliphatic hydroxyl groups is 1. The van der Waals surface area contributed by atoms with Crippen LogP contribution in [0.15, 0.2) is 30.5 Å². The smallest absolute Gasteiger partial charge is 0.220 e. The van der Waals surface area contributed by atoms with Crippen molar-refractivity contribution in [1.29, 1.82) is 0 Å². The van der Waals surface area contributed by atoms with Crippen LogP contribution in [0.1, 0.15) is 147 Å². The number of para-hydroxylation sites is 1. The lowest BCUT2D eigenvalue weighted by Crippen LogP contribution is -2.25. The summed E-state index contributed by atoms with van der Waals surface area (Å²) in [7, 11) is 0. The molecule has 0 aliphatic heterocycles. The zero-order chi connectivity index (χ0) is 27.1. The van der Waals surface area contributed by atoms with Crippen molar-refractivity contribution in [2.45, 2.75) is 154 Å². The topological polar surface area (TPSA) is 65.1 Å². The summed E-state index contributed by atoms with van der Waals surface area (Å²) in [5, 5.41) is 14.5. The van der Waals surface area contributed by atoms with Gasteiger partial charge in [0.1, 0.15) is 0 Å². The van der Waals surface area contributed by atoms with E-state index in [1.807, 2.05) is 18.3 Å². The summed E-state index contributed by atoms with van der Waals surface area (Å²) in [6, 6.07) is 8.26. The summed E-state index contributed by atoms with van der Waals surface area (Å²) in [4.78, 5) is 15.4. The minimum absolute atomic E-state index is 0.0924. The molecule has 2 aromatic rings. The number of aromatic amines is 1. The van der Waals surface area contributed by atoms with Gasteiger partial charge in [-0.15, -0.1) is 0 Å². The Morgan fingerprint density at radius 1 is 0.763 bits per heavy atom. The number of rotatable bonds is 25. The van der Waals surface area contributed by atoms with Crippen LogP contribution in [-0.4, -0.2) is 28.6 Å². The Morgan fingerprint density at radius 3 is 1.89 bits per heavy atom. The number of aromatic nitrogens is 1. The Morgan fingerprint density at radius 2 is 1.29 bits per heavy atom. The summed E-state index contributed by atoms with van der Waals surface area (Å²) in [5.41, 5.74) is 2.38. The van der Waals surface area contributed by atoms with Crippen LogP contribution in [-0.2, 0) is 11.2 Å². The van der Waals surface area contributed by atoms with Gasteiger partial charge in [0.15, 0.2) is 0 Å². The molecule has 2 rings (SSSR count). The monoisotopic (exact) mass is 526 g/mol. The van der Waals surface area contributed by atoms with Crippen molar-refractivity contribution in [3.63, 3.8) is 0 Å². The molecular weight excluding hydrogens is 468 g/mol. The Bertz CT molecular complexity index is 831. The third-order valence-corrected chi connectivity index (χ3v) is 7.97. The molecule has 0 radical (unpaired) electrons. The molecule has 1 aromatic carbocycles. The van der Waals surface area contributed by atoms with Crippen molar-refractivity contribution < 1.29 is 9.90 Å². The summed E-state index contributed by atoms with van der Waals surface area (Å²) in [6.45, 7) is 2.94. The average molecular weight is 527 g/mol. The molecule has 1 aromatic heterocycles. The highest BCUT2D eigenvalue weighted by Gasteiger charge is 2.08. The molecular formula is C34H58N2O2. The number of benzene rings is 1. The highest BCUT2D eigenvalue weighted by atomic mass is 16.3.